The number of nitrogens with one attached hydrogen (secondary N) is 1. The Kier molecular flexibility index (Phi) is 4.30. The number of nitrogens with zero attached hydrogens (tertiary/aromatic N) is 3. The van der Waals surface area contributed by atoms with Crippen LogP contribution in [0.3, 0.4) is 0 Å². The van der Waals surface area contributed by atoms with E-state index < -0.39 is 0 Å². The van der Waals surface area contributed by atoms with Gasteiger partial charge >= 0.3 is 0 Å². The van der Waals surface area contributed by atoms with E-state index in [4.69, 9.17) is 4.74 Å². The molecule has 1 saturated heterocycles. The number of amides is 1. The summed E-state index contributed by atoms with van der Waals surface area (Å²) in [6, 6.07) is 0.154. The minimum atomic E-state index is -0.0964. The zero-order valence-corrected chi connectivity index (χ0v) is 10.9. The van der Waals surface area contributed by atoms with E-state index in [1.807, 2.05) is 13.8 Å². The molecule has 1 atom stereocenters. The lowest BCUT2D eigenvalue weighted by Crippen LogP contribution is -2.41. The lowest BCUT2D eigenvalue weighted by molar-refractivity contribution is 0.0536. The van der Waals surface area contributed by atoms with Gasteiger partial charge in [0, 0.05) is 25.8 Å². The highest BCUT2D eigenvalue weighted by Crippen LogP contribution is 2.18. The van der Waals surface area contributed by atoms with E-state index in [9.17, 15) is 4.79 Å². The molecule has 1 aromatic rings. The fourth-order valence-corrected chi connectivity index (χ4v) is 2.28. The van der Waals surface area contributed by atoms with Gasteiger partial charge in [-0.2, -0.15) is 0 Å². The SMILES string of the molecule is CCn1nncc1C(=O)NC(C)C1CCOCC1. The first-order valence-corrected chi connectivity index (χ1v) is 6.49. The van der Waals surface area contributed by atoms with Gasteiger partial charge in [0.05, 0.1) is 6.20 Å². The van der Waals surface area contributed by atoms with E-state index in [0.717, 1.165) is 26.1 Å². The van der Waals surface area contributed by atoms with Crippen LogP contribution in [0.1, 0.15) is 37.2 Å². The highest BCUT2D eigenvalue weighted by Gasteiger charge is 2.23. The molecule has 0 spiro atoms. The number of carbonyl (C=O) groups is 1. The van der Waals surface area contributed by atoms with Gasteiger partial charge in [-0.25, -0.2) is 4.68 Å². The molecular formula is C12H20N4O2. The van der Waals surface area contributed by atoms with Crippen LogP contribution in [0.25, 0.3) is 0 Å². The highest BCUT2D eigenvalue weighted by molar-refractivity contribution is 5.92. The molecule has 1 amide bonds. The summed E-state index contributed by atoms with van der Waals surface area (Å²) in [5.74, 6) is 0.398. The highest BCUT2D eigenvalue weighted by atomic mass is 16.5. The Balaban J connectivity index is 1.94. The summed E-state index contributed by atoms with van der Waals surface area (Å²) < 4.78 is 6.93. The van der Waals surface area contributed by atoms with Crippen molar-refractivity contribution in [2.45, 2.75) is 39.3 Å². The van der Waals surface area contributed by atoms with Gasteiger partial charge in [-0.05, 0) is 32.6 Å². The predicted octanol–water partition coefficient (Wildman–Crippen LogP) is 0.843. The van der Waals surface area contributed by atoms with E-state index in [1.54, 1.807) is 4.68 Å². The van der Waals surface area contributed by atoms with E-state index in [2.05, 4.69) is 15.6 Å². The molecule has 2 heterocycles. The van der Waals surface area contributed by atoms with Gasteiger partial charge in [-0.15, -0.1) is 5.10 Å². The maximum atomic E-state index is 12.1. The third kappa shape index (κ3) is 2.87. The number of aromatic nitrogens is 3. The van der Waals surface area contributed by atoms with Gasteiger partial charge in [0.15, 0.2) is 0 Å². The Morgan fingerprint density at radius 2 is 2.33 bits per heavy atom. The van der Waals surface area contributed by atoms with E-state index in [1.165, 1.54) is 6.20 Å². The minimum Gasteiger partial charge on any atom is -0.381 e. The molecule has 1 fully saturated rings. The summed E-state index contributed by atoms with van der Waals surface area (Å²) in [5.41, 5.74) is 0.524. The monoisotopic (exact) mass is 252 g/mol. The standard InChI is InChI=1S/C12H20N4O2/c1-3-16-11(8-13-15-16)12(17)14-9(2)10-4-6-18-7-5-10/h8-10H,3-7H2,1-2H3,(H,14,17). The smallest absolute Gasteiger partial charge is 0.271 e. The molecule has 0 aromatic carbocycles. The third-order valence-electron chi connectivity index (χ3n) is 3.48. The Labute approximate surface area is 107 Å². The second-order valence-corrected chi connectivity index (χ2v) is 4.65. The van der Waals surface area contributed by atoms with Crippen LogP contribution in [0.4, 0.5) is 0 Å². The molecule has 1 N–H and O–H groups in total. The number of rotatable bonds is 4. The molecule has 0 radical (unpaired) electrons. The molecule has 1 unspecified atom stereocenters. The summed E-state index contributed by atoms with van der Waals surface area (Å²) >= 11 is 0. The number of aryl methyl sites for hydroxylation is 1. The fourth-order valence-electron chi connectivity index (χ4n) is 2.28. The molecule has 6 nitrogen and oxygen atoms in total. The molecule has 6 heteroatoms. The van der Waals surface area contributed by atoms with Crippen molar-refractivity contribution in [2.24, 2.45) is 5.92 Å². The van der Waals surface area contributed by atoms with Crippen LogP contribution in [0.2, 0.25) is 0 Å². The summed E-state index contributed by atoms with van der Waals surface area (Å²) in [6.07, 6.45) is 3.52. The van der Waals surface area contributed by atoms with Gasteiger partial charge in [-0.1, -0.05) is 5.21 Å². The van der Waals surface area contributed by atoms with Crippen molar-refractivity contribution in [3.8, 4) is 0 Å². The maximum absolute atomic E-state index is 12.1. The van der Waals surface area contributed by atoms with Crippen LogP contribution < -0.4 is 5.32 Å². The van der Waals surface area contributed by atoms with Crippen molar-refractivity contribution in [2.75, 3.05) is 13.2 Å². The van der Waals surface area contributed by atoms with Crippen LogP contribution in [0.5, 0.6) is 0 Å². The van der Waals surface area contributed by atoms with Gasteiger partial charge < -0.3 is 10.1 Å². The number of hydrogen-bond donors (Lipinski definition) is 1. The summed E-state index contributed by atoms with van der Waals surface area (Å²) in [4.78, 5) is 12.1. The van der Waals surface area contributed by atoms with Gasteiger partial charge in [-0.3, -0.25) is 4.79 Å². The quantitative estimate of drug-likeness (QED) is 0.862. The zero-order valence-electron chi connectivity index (χ0n) is 10.9. The van der Waals surface area contributed by atoms with Gasteiger partial charge in [0.25, 0.3) is 5.91 Å². The van der Waals surface area contributed by atoms with E-state index in [-0.39, 0.29) is 11.9 Å². The summed E-state index contributed by atoms with van der Waals surface area (Å²) in [5, 5.41) is 10.7. The topological polar surface area (TPSA) is 69.0 Å². The molecule has 0 aliphatic carbocycles. The Bertz CT molecular complexity index is 399. The van der Waals surface area contributed by atoms with Crippen molar-refractivity contribution in [1.82, 2.24) is 20.3 Å². The molecule has 0 saturated carbocycles. The van der Waals surface area contributed by atoms with Crippen molar-refractivity contribution in [3.63, 3.8) is 0 Å². The fraction of sp³-hybridized carbons (Fsp3) is 0.750. The molecular weight excluding hydrogens is 232 g/mol. The van der Waals surface area contributed by atoms with Crippen LogP contribution in [0, 0.1) is 5.92 Å². The Morgan fingerprint density at radius 1 is 1.61 bits per heavy atom. The van der Waals surface area contributed by atoms with Crippen LogP contribution in [-0.4, -0.2) is 40.2 Å². The molecule has 100 valence electrons. The molecule has 1 aromatic heterocycles. The van der Waals surface area contributed by atoms with Crippen molar-refractivity contribution < 1.29 is 9.53 Å². The third-order valence-corrected chi connectivity index (χ3v) is 3.48. The largest absolute Gasteiger partial charge is 0.381 e. The van der Waals surface area contributed by atoms with Gasteiger partial charge in [0.2, 0.25) is 0 Å². The summed E-state index contributed by atoms with van der Waals surface area (Å²) in [6.45, 7) is 6.22. The molecule has 1 aliphatic rings. The lowest BCUT2D eigenvalue weighted by atomic mass is 9.93. The van der Waals surface area contributed by atoms with Crippen molar-refractivity contribution in [3.05, 3.63) is 11.9 Å². The summed E-state index contributed by atoms with van der Waals surface area (Å²) in [7, 11) is 0. The second kappa shape index (κ2) is 5.95. The first-order valence-electron chi connectivity index (χ1n) is 6.49. The van der Waals surface area contributed by atoms with E-state index in [0.29, 0.717) is 18.2 Å². The molecule has 1 aliphatic heterocycles. The van der Waals surface area contributed by atoms with Crippen LogP contribution >= 0.6 is 0 Å². The average Bonchev–Trinajstić information content (AvgIpc) is 2.88. The maximum Gasteiger partial charge on any atom is 0.271 e. The van der Waals surface area contributed by atoms with Crippen LogP contribution in [0.15, 0.2) is 6.20 Å². The molecule has 18 heavy (non-hydrogen) atoms. The number of ether oxygens (including phenoxy) is 1. The van der Waals surface area contributed by atoms with Crippen molar-refractivity contribution in [1.29, 1.82) is 0 Å². The predicted molar refractivity (Wildman–Crippen MR) is 66.2 cm³/mol. The second-order valence-electron chi connectivity index (χ2n) is 4.65. The number of hydrogen-bond acceptors (Lipinski definition) is 4. The average molecular weight is 252 g/mol. The minimum absolute atomic E-state index is 0.0964. The Morgan fingerprint density at radius 3 is 3.00 bits per heavy atom. The first-order chi connectivity index (χ1) is 8.72. The zero-order chi connectivity index (χ0) is 13.0. The van der Waals surface area contributed by atoms with E-state index >= 15 is 0 Å². The Hall–Kier alpha value is -1.43. The van der Waals surface area contributed by atoms with Crippen molar-refractivity contribution >= 4 is 5.91 Å². The van der Waals surface area contributed by atoms with Gasteiger partial charge in [0.1, 0.15) is 5.69 Å². The first kappa shape index (κ1) is 13.0. The number of carbonyl (C=O) groups excluding carboxylic acids is 1. The normalized spacial score (nSPS) is 18.6. The molecule has 0 bridgehead atoms. The van der Waals surface area contributed by atoms with Crippen LogP contribution in [-0.2, 0) is 11.3 Å². The molecule has 2 rings (SSSR count). The lowest BCUT2D eigenvalue weighted by Gasteiger charge is -2.28.